The molecule has 4 N–H and O–H groups in total. The number of rotatable bonds is 14. The number of hydrogen-bond acceptors (Lipinski definition) is 14. The third-order valence-electron chi connectivity index (χ3n) is 13.1. The number of methoxy groups -OCH3 is 1. The van der Waals surface area contributed by atoms with Crippen LogP contribution in [0.4, 0.5) is 46.0 Å². The second kappa shape index (κ2) is 29.9. The molecule has 0 saturated heterocycles. The quantitative estimate of drug-likeness (QED) is 0.0756. The van der Waals surface area contributed by atoms with Crippen LogP contribution in [0.1, 0.15) is 21.5 Å². The van der Waals surface area contributed by atoms with E-state index < -0.39 is 0 Å². The Hall–Kier alpha value is -11.2. The Kier molecular flexibility index (Phi) is 20.3. The summed E-state index contributed by atoms with van der Waals surface area (Å²) in [6.07, 6.45) is 1.75. The summed E-state index contributed by atoms with van der Waals surface area (Å²) in [4.78, 5) is 12.6. The average Bonchev–Trinajstić information content (AvgIpc) is 3.71. The van der Waals surface area contributed by atoms with E-state index in [1.165, 1.54) is 0 Å². The Morgan fingerprint density at radius 3 is 1.44 bits per heavy atom. The Morgan fingerprint density at radius 2 is 0.874 bits per heavy atom. The number of nitrogens with one attached hydrogen (secondary N) is 4. The predicted molar refractivity (Wildman–Crippen MR) is 352 cm³/mol. The Bertz CT molecular complexity index is 4320. The molecule has 0 radical (unpaired) electrons. The van der Waals surface area contributed by atoms with Crippen molar-refractivity contribution >= 4 is 85.8 Å². The number of nitrogens with zero attached hydrogens (tertiary/aromatic N) is 8. The van der Waals surface area contributed by atoms with E-state index in [0.717, 1.165) is 90.2 Å². The lowest BCUT2D eigenvalue weighted by Crippen LogP contribution is -2.02. The number of ketones is 1. The number of carbonyl (C=O) groups is 1. The minimum absolute atomic E-state index is 0.00948. The van der Waals surface area contributed by atoms with Crippen LogP contribution in [-0.2, 0) is 0 Å². The van der Waals surface area contributed by atoms with Crippen molar-refractivity contribution in [2.45, 2.75) is 6.92 Å². The van der Waals surface area contributed by atoms with Gasteiger partial charge in [-0.1, -0.05) is 205 Å². The van der Waals surface area contributed by atoms with Crippen molar-refractivity contribution in [1.29, 1.82) is 0 Å². The molecule has 16 heteroatoms. The van der Waals surface area contributed by atoms with Gasteiger partial charge in [-0.15, -0.1) is 35.7 Å². The van der Waals surface area contributed by atoms with Gasteiger partial charge in [0.25, 0.3) is 0 Å². The number of hydrogen-bond donors (Lipinski definition) is 4. The number of benzene rings is 9. The molecule has 0 saturated carbocycles. The van der Waals surface area contributed by atoms with Crippen molar-refractivity contribution < 1.29 is 9.53 Å². The van der Waals surface area contributed by atoms with Crippen LogP contribution >= 0.6 is 23.2 Å². The lowest BCUT2D eigenvalue weighted by atomic mass is 10.0. The summed E-state index contributed by atoms with van der Waals surface area (Å²) in [7, 11) is 1.64. The minimum Gasteiger partial charge on any atom is -0.495 e. The van der Waals surface area contributed by atoms with E-state index in [4.69, 9.17) is 27.9 Å². The maximum absolute atomic E-state index is 12.6. The zero-order valence-corrected chi connectivity index (χ0v) is 48.7. The lowest BCUT2D eigenvalue weighted by Gasteiger charge is -2.09. The van der Waals surface area contributed by atoms with Crippen LogP contribution in [0.5, 0.6) is 5.75 Å². The first-order valence-corrected chi connectivity index (χ1v) is 28.3. The molecule has 0 spiro atoms. The van der Waals surface area contributed by atoms with E-state index in [1.54, 1.807) is 13.3 Å². The predicted octanol–water partition coefficient (Wildman–Crippen LogP) is 17.9. The summed E-state index contributed by atoms with van der Waals surface area (Å²) >= 11 is 11.9. The second-order valence-corrected chi connectivity index (χ2v) is 20.1. The monoisotopic (exact) mass is 1180 g/mol. The standard InChI is InChI=1S/C23H17N3O.C17H14ClN3.C17H15N3O.C14H10ClN3/c27-23(18-10-5-2-6-11-18)19-12-7-13-20(16-19)24-22-15-14-21(25-26-22)17-8-3-1-4-9-17;1-12-10-16(13-6-3-2-4-7-13)20-21-17(12)19-15-9-5-8-14(18)11-15;1-21-16-10-6-5-9-15(16)18-17-12-11-14(19-20-17)13-7-3-2-4-8-13;15-11-5-3-6-12(8-11)17-14-13-7-2-1-4-10(13)9-16-18-14/h1-16H,(H,24,26);2-11H,1H3,(H,19,21);2-12H,1H3,(H,18,20);1-9H,(H,17,18). The highest BCUT2D eigenvalue weighted by atomic mass is 35.5. The summed E-state index contributed by atoms with van der Waals surface area (Å²) < 4.78 is 5.30. The largest absolute Gasteiger partial charge is 0.495 e. The molecule has 0 amide bonds. The van der Waals surface area contributed by atoms with Gasteiger partial charge in [0.05, 0.1) is 36.1 Å². The van der Waals surface area contributed by atoms with E-state index >= 15 is 0 Å². The van der Waals surface area contributed by atoms with Gasteiger partial charge >= 0.3 is 0 Å². The van der Waals surface area contributed by atoms with Crippen LogP contribution in [0.15, 0.2) is 279 Å². The molecule has 4 aromatic heterocycles. The van der Waals surface area contributed by atoms with E-state index in [2.05, 4.69) is 62.1 Å². The first-order valence-electron chi connectivity index (χ1n) is 27.5. The second-order valence-electron chi connectivity index (χ2n) is 19.2. The normalized spacial score (nSPS) is 10.3. The maximum Gasteiger partial charge on any atom is 0.193 e. The zero-order chi connectivity index (χ0) is 60.0. The van der Waals surface area contributed by atoms with Crippen molar-refractivity contribution in [3.8, 4) is 39.5 Å². The van der Waals surface area contributed by atoms with Crippen molar-refractivity contribution in [1.82, 2.24) is 40.8 Å². The highest BCUT2D eigenvalue weighted by molar-refractivity contribution is 6.31. The average molecular weight is 1180 g/mol. The number of fused-ring (bicyclic) bond motifs is 1. The summed E-state index contributed by atoms with van der Waals surface area (Å²) in [6, 6.07) is 86.9. The molecule has 13 rings (SSSR count). The summed E-state index contributed by atoms with van der Waals surface area (Å²) in [5, 5.41) is 50.0. The van der Waals surface area contributed by atoms with Gasteiger partial charge in [0.15, 0.2) is 29.1 Å². The van der Waals surface area contributed by atoms with Gasteiger partial charge in [0.2, 0.25) is 0 Å². The maximum atomic E-state index is 12.6. The van der Waals surface area contributed by atoms with Crippen molar-refractivity contribution in [2.75, 3.05) is 28.4 Å². The van der Waals surface area contributed by atoms with E-state index in [-0.39, 0.29) is 5.78 Å². The van der Waals surface area contributed by atoms with E-state index in [0.29, 0.717) is 32.8 Å². The number of carbonyl (C=O) groups excluding carboxylic acids is 1. The molecule has 0 unspecified atom stereocenters. The highest BCUT2D eigenvalue weighted by Crippen LogP contribution is 2.29. The van der Waals surface area contributed by atoms with Crippen molar-refractivity contribution in [3.05, 3.63) is 306 Å². The molecule has 13 aromatic rings. The van der Waals surface area contributed by atoms with Crippen LogP contribution in [-0.4, -0.2) is 53.7 Å². The number of para-hydroxylation sites is 2. The molecular formula is C71H56Cl2N12O2. The van der Waals surface area contributed by atoms with Gasteiger partial charge in [-0.2, -0.15) is 5.10 Å². The van der Waals surface area contributed by atoms with E-state index in [9.17, 15) is 4.79 Å². The van der Waals surface area contributed by atoms with Crippen LogP contribution in [0.3, 0.4) is 0 Å². The fraction of sp³-hybridized carbons (Fsp3) is 0.0282. The van der Waals surface area contributed by atoms with Gasteiger partial charge < -0.3 is 26.0 Å². The number of aromatic nitrogens is 8. The molecule has 87 heavy (non-hydrogen) atoms. The van der Waals surface area contributed by atoms with Gasteiger partial charge in [-0.25, -0.2) is 0 Å². The SMILES string of the molecule is COc1ccccc1Nc1ccc(-c2ccccc2)nn1.Cc1cc(-c2ccccc2)nnc1Nc1cccc(Cl)c1.Clc1cccc(Nc2nncc3ccccc23)c1.O=C(c1ccccc1)c1cccc(Nc2ccc(-c3ccccc3)nn2)c1. The highest BCUT2D eigenvalue weighted by Gasteiger charge is 2.11. The fourth-order valence-electron chi connectivity index (χ4n) is 8.74. The zero-order valence-electron chi connectivity index (χ0n) is 47.2. The first kappa shape index (κ1) is 59.0. The Morgan fingerprint density at radius 1 is 0.391 bits per heavy atom. The minimum atomic E-state index is -0.00948. The molecule has 0 bridgehead atoms. The molecule has 14 nitrogen and oxygen atoms in total. The summed E-state index contributed by atoms with van der Waals surface area (Å²) in [5.41, 5.74) is 11.4. The van der Waals surface area contributed by atoms with E-state index in [1.807, 2.05) is 280 Å². The lowest BCUT2D eigenvalue weighted by molar-refractivity contribution is 0.103. The van der Waals surface area contributed by atoms with Crippen molar-refractivity contribution in [3.63, 3.8) is 0 Å². The van der Waals surface area contributed by atoms with Crippen LogP contribution in [0.25, 0.3) is 44.5 Å². The summed E-state index contributed by atoms with van der Waals surface area (Å²) in [6.45, 7) is 2.01. The topological polar surface area (TPSA) is 178 Å². The van der Waals surface area contributed by atoms with Gasteiger partial charge in [0, 0.05) is 65.7 Å². The fourth-order valence-corrected chi connectivity index (χ4v) is 9.12. The molecule has 0 aliphatic carbocycles. The Labute approximate surface area is 514 Å². The molecule has 9 aromatic carbocycles. The number of ether oxygens (including phenoxy) is 1. The molecule has 0 aliphatic rings. The smallest absolute Gasteiger partial charge is 0.193 e. The van der Waals surface area contributed by atoms with Crippen molar-refractivity contribution in [2.24, 2.45) is 0 Å². The van der Waals surface area contributed by atoms with Gasteiger partial charge in [-0.05, 0) is 103 Å². The third kappa shape index (κ3) is 16.8. The molecule has 4 heterocycles. The third-order valence-corrected chi connectivity index (χ3v) is 13.5. The number of aryl methyl sites for hydroxylation is 1. The molecule has 426 valence electrons. The molecular weight excluding hydrogens is 1120 g/mol. The Balaban J connectivity index is 0.000000130. The molecule has 0 aliphatic heterocycles. The summed E-state index contributed by atoms with van der Waals surface area (Å²) in [5.74, 6) is 3.53. The van der Waals surface area contributed by atoms with Crippen LogP contribution in [0, 0.1) is 6.92 Å². The van der Waals surface area contributed by atoms with Crippen LogP contribution in [0.2, 0.25) is 10.0 Å². The molecule has 0 atom stereocenters. The van der Waals surface area contributed by atoms with Gasteiger partial charge in [0.1, 0.15) is 5.75 Å². The van der Waals surface area contributed by atoms with Gasteiger partial charge in [-0.3, -0.25) is 4.79 Å². The van der Waals surface area contributed by atoms with Crippen LogP contribution < -0.4 is 26.0 Å². The number of anilines is 8. The first-order chi connectivity index (χ1) is 42.7. The number of halogens is 2. The molecule has 0 fully saturated rings.